The summed E-state index contributed by atoms with van der Waals surface area (Å²) in [5, 5.41) is 17.7. The standard InChI is InChI=1S/C16H19F2NOS/c1-11(7-12-5-6-21-9-12)19-10-16(2,20)14-4-3-13(17)8-15(14)18/h3-6,8-9,11,19-20H,7,10H2,1-2H3. The van der Waals surface area contributed by atoms with Crippen molar-refractivity contribution in [3.8, 4) is 0 Å². The van der Waals surface area contributed by atoms with Crippen LogP contribution < -0.4 is 5.32 Å². The first kappa shape index (κ1) is 16.1. The minimum Gasteiger partial charge on any atom is -0.384 e. The molecular weight excluding hydrogens is 292 g/mol. The summed E-state index contributed by atoms with van der Waals surface area (Å²) in [4.78, 5) is 0. The summed E-state index contributed by atoms with van der Waals surface area (Å²) in [6.45, 7) is 3.73. The van der Waals surface area contributed by atoms with Crippen molar-refractivity contribution in [2.24, 2.45) is 0 Å². The zero-order valence-corrected chi connectivity index (χ0v) is 12.9. The Balaban J connectivity index is 1.97. The van der Waals surface area contributed by atoms with Crippen molar-refractivity contribution in [2.45, 2.75) is 31.9 Å². The van der Waals surface area contributed by atoms with Crippen LogP contribution in [0, 0.1) is 11.6 Å². The fraction of sp³-hybridized carbons (Fsp3) is 0.375. The van der Waals surface area contributed by atoms with Gasteiger partial charge in [0.2, 0.25) is 0 Å². The molecule has 114 valence electrons. The van der Waals surface area contributed by atoms with Gasteiger partial charge in [-0.25, -0.2) is 8.78 Å². The van der Waals surface area contributed by atoms with Gasteiger partial charge in [-0.2, -0.15) is 11.3 Å². The van der Waals surface area contributed by atoms with Crippen LogP contribution in [0.1, 0.15) is 25.0 Å². The Hall–Kier alpha value is -1.30. The van der Waals surface area contributed by atoms with E-state index in [1.165, 1.54) is 18.6 Å². The van der Waals surface area contributed by atoms with Crippen LogP contribution in [0.5, 0.6) is 0 Å². The van der Waals surface area contributed by atoms with Gasteiger partial charge in [0.1, 0.15) is 17.2 Å². The molecule has 5 heteroatoms. The SMILES string of the molecule is CC(Cc1ccsc1)NCC(C)(O)c1ccc(F)cc1F. The highest BCUT2D eigenvalue weighted by atomic mass is 32.1. The first-order valence-electron chi connectivity index (χ1n) is 6.81. The molecule has 2 unspecified atom stereocenters. The smallest absolute Gasteiger partial charge is 0.132 e. The van der Waals surface area contributed by atoms with Gasteiger partial charge in [0, 0.05) is 24.2 Å². The molecule has 0 spiro atoms. The zero-order chi connectivity index (χ0) is 15.5. The molecule has 2 atom stereocenters. The zero-order valence-electron chi connectivity index (χ0n) is 12.1. The Kier molecular flexibility index (Phi) is 5.08. The number of rotatable bonds is 6. The lowest BCUT2D eigenvalue weighted by atomic mass is 9.94. The third-order valence-electron chi connectivity index (χ3n) is 3.43. The summed E-state index contributed by atoms with van der Waals surface area (Å²) in [7, 11) is 0. The van der Waals surface area contributed by atoms with Gasteiger partial charge < -0.3 is 10.4 Å². The summed E-state index contributed by atoms with van der Waals surface area (Å²) in [6, 6.07) is 5.44. The van der Waals surface area contributed by atoms with Crippen LogP contribution in [0.4, 0.5) is 8.78 Å². The van der Waals surface area contributed by atoms with Crippen molar-refractivity contribution in [1.82, 2.24) is 5.32 Å². The lowest BCUT2D eigenvalue weighted by Gasteiger charge is -2.27. The van der Waals surface area contributed by atoms with Gasteiger partial charge in [-0.05, 0) is 48.7 Å². The van der Waals surface area contributed by atoms with E-state index in [1.54, 1.807) is 11.3 Å². The summed E-state index contributed by atoms with van der Waals surface area (Å²) in [6.07, 6.45) is 0.839. The Morgan fingerprint density at radius 2 is 2.10 bits per heavy atom. The summed E-state index contributed by atoms with van der Waals surface area (Å²) >= 11 is 1.64. The quantitative estimate of drug-likeness (QED) is 0.856. The second-order valence-corrected chi connectivity index (χ2v) is 6.30. The molecule has 2 nitrogen and oxygen atoms in total. The highest BCUT2D eigenvalue weighted by Gasteiger charge is 2.27. The summed E-state index contributed by atoms with van der Waals surface area (Å²) < 4.78 is 26.7. The normalized spacial score (nSPS) is 15.7. The number of hydrogen-bond donors (Lipinski definition) is 2. The molecule has 0 radical (unpaired) electrons. The lowest BCUT2D eigenvalue weighted by molar-refractivity contribution is 0.0506. The molecule has 0 bridgehead atoms. The molecular formula is C16H19F2NOS. The van der Waals surface area contributed by atoms with Crippen molar-refractivity contribution in [2.75, 3.05) is 6.54 Å². The molecule has 1 heterocycles. The van der Waals surface area contributed by atoms with Crippen molar-refractivity contribution in [1.29, 1.82) is 0 Å². The number of nitrogens with one attached hydrogen (secondary N) is 1. The van der Waals surface area contributed by atoms with Gasteiger partial charge in [0.05, 0.1) is 0 Å². The molecule has 0 aliphatic heterocycles. The third kappa shape index (κ3) is 4.33. The second-order valence-electron chi connectivity index (χ2n) is 5.52. The fourth-order valence-corrected chi connectivity index (χ4v) is 2.91. The largest absolute Gasteiger partial charge is 0.384 e. The fourth-order valence-electron chi connectivity index (χ4n) is 2.23. The van der Waals surface area contributed by atoms with Crippen molar-refractivity contribution < 1.29 is 13.9 Å². The topological polar surface area (TPSA) is 32.3 Å². The third-order valence-corrected chi connectivity index (χ3v) is 4.16. The van der Waals surface area contributed by atoms with Crippen molar-refractivity contribution in [3.63, 3.8) is 0 Å². The van der Waals surface area contributed by atoms with E-state index in [-0.39, 0.29) is 18.2 Å². The molecule has 21 heavy (non-hydrogen) atoms. The van der Waals surface area contributed by atoms with Crippen LogP contribution in [-0.2, 0) is 12.0 Å². The van der Waals surface area contributed by atoms with Crippen molar-refractivity contribution >= 4 is 11.3 Å². The predicted molar refractivity (Wildman–Crippen MR) is 81.4 cm³/mol. The first-order chi connectivity index (χ1) is 9.88. The average molecular weight is 311 g/mol. The molecule has 0 amide bonds. The molecule has 0 saturated heterocycles. The van der Waals surface area contributed by atoms with E-state index < -0.39 is 17.2 Å². The van der Waals surface area contributed by atoms with E-state index in [0.29, 0.717) is 0 Å². The van der Waals surface area contributed by atoms with E-state index in [1.807, 2.05) is 12.3 Å². The maximum absolute atomic E-state index is 13.7. The van der Waals surface area contributed by atoms with Gasteiger partial charge >= 0.3 is 0 Å². The lowest BCUT2D eigenvalue weighted by Crippen LogP contribution is -2.41. The van der Waals surface area contributed by atoms with Gasteiger partial charge in [-0.15, -0.1) is 0 Å². The molecule has 0 aliphatic carbocycles. The van der Waals surface area contributed by atoms with Crippen LogP contribution in [0.25, 0.3) is 0 Å². The van der Waals surface area contributed by atoms with Crippen LogP contribution in [-0.4, -0.2) is 17.7 Å². The molecule has 0 saturated carbocycles. The summed E-state index contributed by atoms with van der Waals surface area (Å²) in [5.41, 5.74) is -0.0625. The highest BCUT2D eigenvalue weighted by molar-refractivity contribution is 7.07. The molecule has 1 aromatic heterocycles. The van der Waals surface area contributed by atoms with Crippen LogP contribution in [0.15, 0.2) is 35.0 Å². The Morgan fingerprint density at radius 3 is 2.71 bits per heavy atom. The Morgan fingerprint density at radius 1 is 1.33 bits per heavy atom. The minimum atomic E-state index is -1.39. The van der Waals surface area contributed by atoms with Crippen LogP contribution in [0.2, 0.25) is 0 Å². The summed E-state index contributed by atoms with van der Waals surface area (Å²) in [5.74, 6) is -1.38. The van der Waals surface area contributed by atoms with Crippen LogP contribution in [0.3, 0.4) is 0 Å². The number of benzene rings is 1. The average Bonchev–Trinajstić information content (AvgIpc) is 2.89. The number of halogens is 2. The highest BCUT2D eigenvalue weighted by Crippen LogP contribution is 2.23. The van der Waals surface area contributed by atoms with E-state index in [2.05, 4.69) is 16.8 Å². The van der Waals surface area contributed by atoms with Gasteiger partial charge in [-0.3, -0.25) is 0 Å². The maximum atomic E-state index is 13.7. The Bertz CT molecular complexity index is 584. The van der Waals surface area contributed by atoms with E-state index >= 15 is 0 Å². The second kappa shape index (κ2) is 6.64. The maximum Gasteiger partial charge on any atom is 0.132 e. The van der Waals surface area contributed by atoms with Crippen LogP contribution >= 0.6 is 11.3 Å². The monoisotopic (exact) mass is 311 g/mol. The molecule has 2 N–H and O–H groups in total. The molecule has 2 rings (SSSR count). The predicted octanol–water partition coefficient (Wildman–Crippen LogP) is 3.45. The molecule has 2 aromatic rings. The minimum absolute atomic E-state index is 0.0964. The van der Waals surface area contributed by atoms with E-state index in [4.69, 9.17) is 0 Å². The first-order valence-corrected chi connectivity index (χ1v) is 7.75. The van der Waals surface area contributed by atoms with E-state index in [0.717, 1.165) is 18.6 Å². The Labute approximate surface area is 127 Å². The van der Waals surface area contributed by atoms with Gasteiger partial charge in [0.15, 0.2) is 0 Å². The van der Waals surface area contributed by atoms with Gasteiger partial charge in [-0.1, -0.05) is 6.07 Å². The van der Waals surface area contributed by atoms with Crippen molar-refractivity contribution in [3.05, 3.63) is 57.8 Å². The number of thiophene rings is 1. The van der Waals surface area contributed by atoms with Gasteiger partial charge in [0.25, 0.3) is 0 Å². The molecule has 0 fully saturated rings. The number of hydrogen-bond acceptors (Lipinski definition) is 3. The molecule has 0 aliphatic rings. The van der Waals surface area contributed by atoms with E-state index in [9.17, 15) is 13.9 Å². The molecule has 1 aromatic carbocycles. The number of aliphatic hydroxyl groups is 1.